The van der Waals surface area contributed by atoms with E-state index in [1.807, 2.05) is 29.1 Å². The normalized spacial score (nSPS) is 16.8. The van der Waals surface area contributed by atoms with Crippen LogP contribution in [-0.4, -0.2) is 14.8 Å². The van der Waals surface area contributed by atoms with E-state index >= 15 is 0 Å². The highest BCUT2D eigenvalue weighted by Gasteiger charge is 2.23. The number of hydrogen-bond donors (Lipinski definition) is 0. The predicted octanol–water partition coefficient (Wildman–Crippen LogP) is 5.23. The molecule has 0 N–H and O–H groups in total. The maximum atomic E-state index is 9.34. The van der Waals surface area contributed by atoms with Crippen molar-refractivity contribution in [2.45, 2.75) is 58.9 Å². The highest BCUT2D eigenvalue weighted by Crippen LogP contribution is 2.35. The van der Waals surface area contributed by atoms with Crippen molar-refractivity contribution in [2.24, 2.45) is 11.8 Å². The number of rotatable bonds is 4. The van der Waals surface area contributed by atoms with E-state index in [0.717, 1.165) is 40.8 Å². The Balaban J connectivity index is 1.85. The number of aryl methyl sites for hydroxylation is 1. The molecule has 134 valence electrons. The fourth-order valence-electron chi connectivity index (χ4n) is 4.56. The third kappa shape index (κ3) is 2.96. The van der Waals surface area contributed by atoms with Crippen LogP contribution in [0, 0.1) is 23.2 Å². The molecule has 0 bridgehead atoms. The molecule has 1 fully saturated rings. The van der Waals surface area contributed by atoms with E-state index in [1.165, 1.54) is 37.7 Å². The second-order valence-corrected chi connectivity index (χ2v) is 7.71. The van der Waals surface area contributed by atoms with Gasteiger partial charge >= 0.3 is 0 Å². The SMILES string of the molecule is CCn1ncc2c(C[C@H](C)C3CCCCC3)c3cc(C#N)ccc3nc21. The molecule has 4 rings (SSSR count). The van der Waals surface area contributed by atoms with Gasteiger partial charge in [0, 0.05) is 17.3 Å². The van der Waals surface area contributed by atoms with Crippen LogP contribution in [-0.2, 0) is 13.0 Å². The molecule has 4 nitrogen and oxygen atoms in total. The predicted molar refractivity (Wildman–Crippen MR) is 105 cm³/mol. The van der Waals surface area contributed by atoms with Gasteiger partial charge in [-0.25, -0.2) is 9.67 Å². The van der Waals surface area contributed by atoms with Gasteiger partial charge in [-0.1, -0.05) is 39.0 Å². The molecular formula is C22H26N4. The number of nitriles is 1. The first-order valence-electron chi connectivity index (χ1n) is 9.89. The van der Waals surface area contributed by atoms with Gasteiger partial charge in [0.05, 0.1) is 23.3 Å². The zero-order valence-electron chi connectivity index (χ0n) is 15.7. The van der Waals surface area contributed by atoms with Crippen LogP contribution in [0.15, 0.2) is 24.4 Å². The fraction of sp³-hybridized carbons (Fsp3) is 0.500. The average molecular weight is 346 g/mol. The molecule has 2 heterocycles. The number of aromatic nitrogens is 3. The summed E-state index contributed by atoms with van der Waals surface area (Å²) in [6.45, 7) is 5.31. The van der Waals surface area contributed by atoms with Gasteiger partial charge in [0.15, 0.2) is 5.65 Å². The minimum Gasteiger partial charge on any atom is -0.248 e. The van der Waals surface area contributed by atoms with Gasteiger partial charge in [-0.3, -0.25) is 0 Å². The Bertz CT molecular complexity index is 973. The first-order chi connectivity index (χ1) is 12.7. The van der Waals surface area contributed by atoms with Crippen molar-refractivity contribution in [1.29, 1.82) is 5.26 Å². The molecular weight excluding hydrogens is 320 g/mol. The quantitative estimate of drug-likeness (QED) is 0.649. The average Bonchev–Trinajstić information content (AvgIpc) is 3.10. The molecule has 0 unspecified atom stereocenters. The molecule has 0 amide bonds. The molecule has 0 saturated heterocycles. The van der Waals surface area contributed by atoms with Gasteiger partial charge in [-0.2, -0.15) is 10.4 Å². The summed E-state index contributed by atoms with van der Waals surface area (Å²) in [6, 6.07) is 8.13. The Morgan fingerprint density at radius 2 is 2.04 bits per heavy atom. The van der Waals surface area contributed by atoms with Gasteiger partial charge in [0.1, 0.15) is 0 Å². The molecule has 3 aromatic rings. The van der Waals surface area contributed by atoms with Crippen LogP contribution in [0.3, 0.4) is 0 Å². The highest BCUT2D eigenvalue weighted by atomic mass is 15.3. The van der Waals surface area contributed by atoms with Gasteiger partial charge in [0.25, 0.3) is 0 Å². The molecule has 4 heteroatoms. The van der Waals surface area contributed by atoms with E-state index in [-0.39, 0.29) is 0 Å². The van der Waals surface area contributed by atoms with Crippen LogP contribution >= 0.6 is 0 Å². The minimum absolute atomic E-state index is 0.639. The number of fused-ring (bicyclic) bond motifs is 2. The summed E-state index contributed by atoms with van der Waals surface area (Å²) in [5.41, 5.74) is 3.96. The second-order valence-electron chi connectivity index (χ2n) is 7.71. The monoisotopic (exact) mass is 346 g/mol. The third-order valence-electron chi connectivity index (χ3n) is 6.09. The number of nitrogens with zero attached hydrogens (tertiary/aromatic N) is 4. The maximum absolute atomic E-state index is 9.34. The molecule has 1 aliphatic rings. The zero-order valence-corrected chi connectivity index (χ0v) is 15.7. The largest absolute Gasteiger partial charge is 0.248 e. The lowest BCUT2D eigenvalue weighted by atomic mass is 9.78. The molecule has 2 aromatic heterocycles. The van der Waals surface area contributed by atoms with E-state index < -0.39 is 0 Å². The van der Waals surface area contributed by atoms with E-state index in [2.05, 4.69) is 25.0 Å². The Kier molecular flexibility index (Phi) is 4.63. The number of benzene rings is 1. The van der Waals surface area contributed by atoms with Crippen molar-refractivity contribution in [3.63, 3.8) is 0 Å². The van der Waals surface area contributed by atoms with Crippen molar-refractivity contribution >= 4 is 21.9 Å². The molecule has 0 aliphatic heterocycles. The summed E-state index contributed by atoms with van der Waals surface area (Å²) in [5.74, 6) is 1.45. The zero-order chi connectivity index (χ0) is 18.1. The van der Waals surface area contributed by atoms with Crippen molar-refractivity contribution in [3.8, 4) is 6.07 Å². The van der Waals surface area contributed by atoms with Crippen molar-refractivity contribution < 1.29 is 0 Å². The van der Waals surface area contributed by atoms with Gasteiger partial charge in [-0.05, 0) is 48.9 Å². The van der Waals surface area contributed by atoms with Crippen LogP contribution in [0.5, 0.6) is 0 Å². The molecule has 1 atom stereocenters. The number of hydrogen-bond acceptors (Lipinski definition) is 3. The Labute approximate surface area is 154 Å². The molecule has 26 heavy (non-hydrogen) atoms. The second kappa shape index (κ2) is 7.07. The Morgan fingerprint density at radius 1 is 1.23 bits per heavy atom. The van der Waals surface area contributed by atoms with Crippen LogP contribution in [0.1, 0.15) is 57.1 Å². The lowest BCUT2D eigenvalue weighted by Crippen LogP contribution is -2.17. The Morgan fingerprint density at radius 3 is 2.77 bits per heavy atom. The van der Waals surface area contributed by atoms with Gasteiger partial charge in [0.2, 0.25) is 0 Å². The molecule has 1 aliphatic carbocycles. The Hall–Kier alpha value is -2.41. The number of pyridine rings is 1. The van der Waals surface area contributed by atoms with Gasteiger partial charge in [-0.15, -0.1) is 0 Å². The molecule has 1 aromatic carbocycles. The van der Waals surface area contributed by atoms with Crippen molar-refractivity contribution in [3.05, 3.63) is 35.5 Å². The summed E-state index contributed by atoms with van der Waals surface area (Å²) < 4.78 is 1.97. The van der Waals surface area contributed by atoms with E-state index in [1.54, 1.807) is 0 Å². The minimum atomic E-state index is 0.639. The van der Waals surface area contributed by atoms with Crippen LogP contribution < -0.4 is 0 Å². The van der Waals surface area contributed by atoms with Crippen LogP contribution in [0.2, 0.25) is 0 Å². The van der Waals surface area contributed by atoms with Crippen LogP contribution in [0.25, 0.3) is 21.9 Å². The lowest BCUT2D eigenvalue weighted by molar-refractivity contribution is 0.263. The van der Waals surface area contributed by atoms with Crippen LogP contribution in [0.4, 0.5) is 0 Å². The summed E-state index contributed by atoms with van der Waals surface area (Å²) in [6.07, 6.45) is 9.83. The maximum Gasteiger partial charge on any atom is 0.158 e. The highest BCUT2D eigenvalue weighted by molar-refractivity contribution is 5.96. The van der Waals surface area contributed by atoms with E-state index in [4.69, 9.17) is 4.98 Å². The summed E-state index contributed by atoms with van der Waals surface area (Å²) >= 11 is 0. The van der Waals surface area contributed by atoms with Crippen molar-refractivity contribution in [1.82, 2.24) is 14.8 Å². The van der Waals surface area contributed by atoms with E-state index in [0.29, 0.717) is 11.5 Å². The molecule has 0 radical (unpaired) electrons. The van der Waals surface area contributed by atoms with Gasteiger partial charge < -0.3 is 0 Å². The fourth-order valence-corrected chi connectivity index (χ4v) is 4.56. The summed E-state index contributed by atoms with van der Waals surface area (Å²) in [7, 11) is 0. The topological polar surface area (TPSA) is 54.5 Å². The molecule has 1 saturated carbocycles. The first kappa shape index (κ1) is 17.0. The molecule has 0 spiro atoms. The van der Waals surface area contributed by atoms with Crippen molar-refractivity contribution in [2.75, 3.05) is 0 Å². The summed E-state index contributed by atoms with van der Waals surface area (Å²) in [4.78, 5) is 4.86. The first-order valence-corrected chi connectivity index (χ1v) is 9.89. The lowest BCUT2D eigenvalue weighted by Gasteiger charge is -2.28. The smallest absolute Gasteiger partial charge is 0.158 e. The van der Waals surface area contributed by atoms with E-state index in [9.17, 15) is 5.26 Å². The standard InChI is InChI=1S/C22H26N4/c1-3-26-22-20(14-24-26)18(11-15(2)17-7-5-4-6-8-17)19-12-16(13-23)9-10-21(19)25-22/h9-10,12,14-15,17H,3-8,11H2,1-2H3/t15-/m0/s1. The third-order valence-corrected chi connectivity index (χ3v) is 6.09. The summed E-state index contributed by atoms with van der Waals surface area (Å²) in [5, 5.41) is 16.2.